The molecular formula is C27H33N5O2S. The van der Waals surface area contributed by atoms with Crippen LogP contribution >= 0.6 is 11.8 Å². The normalized spacial score (nSPS) is 14.5. The van der Waals surface area contributed by atoms with E-state index in [1.807, 2.05) is 36.4 Å². The van der Waals surface area contributed by atoms with E-state index in [4.69, 9.17) is 9.72 Å². The van der Waals surface area contributed by atoms with Crippen molar-refractivity contribution in [3.8, 4) is 17.1 Å². The zero-order valence-electron chi connectivity index (χ0n) is 20.9. The summed E-state index contributed by atoms with van der Waals surface area (Å²) in [6.07, 6.45) is 2.77. The van der Waals surface area contributed by atoms with Gasteiger partial charge in [-0.1, -0.05) is 61.9 Å². The number of rotatable bonds is 9. The summed E-state index contributed by atoms with van der Waals surface area (Å²) in [5, 5.41) is 9.45. The first-order valence-corrected chi connectivity index (χ1v) is 13.3. The maximum atomic E-state index is 13.0. The van der Waals surface area contributed by atoms with Crippen molar-refractivity contribution in [2.45, 2.75) is 58.3 Å². The minimum absolute atomic E-state index is 0.120. The fraction of sp³-hybridized carbons (Fsp3) is 0.407. The van der Waals surface area contributed by atoms with Crippen LogP contribution in [0.25, 0.3) is 11.3 Å². The van der Waals surface area contributed by atoms with Crippen molar-refractivity contribution >= 4 is 29.0 Å². The van der Waals surface area contributed by atoms with Crippen LogP contribution in [0, 0.1) is 0 Å². The molecular weight excluding hydrogens is 458 g/mol. The number of nitrogens with zero attached hydrogens (tertiary/aromatic N) is 5. The first kappa shape index (κ1) is 25.0. The van der Waals surface area contributed by atoms with E-state index in [2.05, 4.69) is 48.0 Å². The highest BCUT2D eigenvalue weighted by atomic mass is 32.2. The number of anilines is 2. The van der Waals surface area contributed by atoms with Crippen LogP contribution in [-0.4, -0.2) is 39.9 Å². The molecule has 0 bridgehead atoms. The van der Waals surface area contributed by atoms with Gasteiger partial charge in [0.2, 0.25) is 23.2 Å². The monoisotopic (exact) mass is 491 g/mol. The van der Waals surface area contributed by atoms with Crippen LogP contribution in [0.5, 0.6) is 5.88 Å². The summed E-state index contributed by atoms with van der Waals surface area (Å²) in [6.45, 7) is 9.88. The van der Waals surface area contributed by atoms with E-state index in [1.165, 1.54) is 12.8 Å². The molecule has 2 aromatic carbocycles. The summed E-state index contributed by atoms with van der Waals surface area (Å²) < 4.78 is 6.49. The van der Waals surface area contributed by atoms with Crippen molar-refractivity contribution in [3.05, 3.63) is 54.1 Å². The molecule has 2 heterocycles. The highest BCUT2D eigenvalue weighted by Gasteiger charge is 2.34. The summed E-state index contributed by atoms with van der Waals surface area (Å²) in [5.74, 6) is 1.21. The maximum absolute atomic E-state index is 13.0. The van der Waals surface area contributed by atoms with Gasteiger partial charge in [-0.3, -0.25) is 9.69 Å². The van der Waals surface area contributed by atoms with Gasteiger partial charge in [-0.05, 0) is 38.5 Å². The zero-order valence-corrected chi connectivity index (χ0v) is 21.7. The number of carbonyl (C=O) groups is 1. The number of aromatic nitrogens is 3. The molecule has 0 N–H and O–H groups in total. The van der Waals surface area contributed by atoms with Crippen molar-refractivity contribution in [1.29, 1.82) is 0 Å². The number of hydrogen-bond donors (Lipinski definition) is 0. The largest absolute Gasteiger partial charge is 0.447 e. The molecule has 0 fully saturated rings. The molecule has 1 atom stereocenters. The van der Waals surface area contributed by atoms with Gasteiger partial charge in [0.05, 0.1) is 5.69 Å². The van der Waals surface area contributed by atoms with Crippen molar-refractivity contribution in [1.82, 2.24) is 15.2 Å². The number of ether oxygens (including phenoxy) is 1. The minimum atomic E-state index is -0.671. The summed E-state index contributed by atoms with van der Waals surface area (Å²) >= 11 is 1.58. The molecule has 4 rings (SSSR count). The average molecular weight is 492 g/mol. The van der Waals surface area contributed by atoms with Gasteiger partial charge < -0.3 is 9.64 Å². The minimum Gasteiger partial charge on any atom is -0.447 e. The van der Waals surface area contributed by atoms with E-state index in [0.717, 1.165) is 47.8 Å². The lowest BCUT2D eigenvalue weighted by atomic mass is 10.1. The number of thioether (sulfide) groups is 1. The molecule has 1 aromatic heterocycles. The van der Waals surface area contributed by atoms with Gasteiger partial charge in [-0.2, -0.15) is 4.98 Å². The Morgan fingerprint density at radius 2 is 1.77 bits per heavy atom. The summed E-state index contributed by atoms with van der Waals surface area (Å²) in [7, 11) is 0. The second-order valence-electron chi connectivity index (χ2n) is 8.44. The predicted molar refractivity (Wildman–Crippen MR) is 142 cm³/mol. The first-order valence-electron chi connectivity index (χ1n) is 12.4. The zero-order chi connectivity index (χ0) is 24.8. The fourth-order valence-corrected chi connectivity index (χ4v) is 5.06. The Hall–Kier alpha value is -3.13. The Morgan fingerprint density at radius 1 is 1.03 bits per heavy atom. The molecule has 0 saturated heterocycles. The summed E-state index contributed by atoms with van der Waals surface area (Å²) in [6, 6.07) is 15.9. The molecule has 1 amide bonds. The van der Waals surface area contributed by atoms with Crippen LogP contribution in [0.4, 0.5) is 11.4 Å². The second kappa shape index (κ2) is 11.5. The maximum Gasteiger partial charge on any atom is 0.247 e. The SMILES string of the molecule is CCCCCSc1nnc2c(n1)O[C@@H](c1ccc(N(CC)CC)cc1)N(C(C)=O)c1ccccc1-2. The van der Waals surface area contributed by atoms with Crippen LogP contribution < -0.4 is 14.5 Å². The van der Waals surface area contributed by atoms with Gasteiger partial charge in [-0.25, -0.2) is 0 Å². The number of unbranched alkanes of at least 4 members (excludes halogenated alkanes) is 2. The number of amides is 1. The van der Waals surface area contributed by atoms with E-state index in [0.29, 0.717) is 16.7 Å². The average Bonchev–Trinajstić information content (AvgIpc) is 3.02. The molecule has 0 radical (unpaired) electrons. The fourth-order valence-electron chi connectivity index (χ4n) is 4.28. The lowest BCUT2D eigenvalue weighted by molar-refractivity contribution is -0.118. The second-order valence-corrected chi connectivity index (χ2v) is 9.51. The third-order valence-electron chi connectivity index (χ3n) is 6.14. The molecule has 8 heteroatoms. The van der Waals surface area contributed by atoms with E-state index in [9.17, 15) is 4.79 Å². The van der Waals surface area contributed by atoms with Crippen molar-refractivity contribution < 1.29 is 9.53 Å². The highest BCUT2D eigenvalue weighted by Crippen LogP contribution is 2.43. The topological polar surface area (TPSA) is 71.5 Å². The molecule has 0 saturated carbocycles. The van der Waals surface area contributed by atoms with Crippen molar-refractivity contribution in [2.75, 3.05) is 28.6 Å². The third-order valence-corrected chi connectivity index (χ3v) is 7.06. The van der Waals surface area contributed by atoms with Crippen LogP contribution in [0.3, 0.4) is 0 Å². The van der Waals surface area contributed by atoms with Gasteiger partial charge in [0.1, 0.15) is 0 Å². The van der Waals surface area contributed by atoms with Gasteiger partial charge in [0.15, 0.2) is 5.69 Å². The van der Waals surface area contributed by atoms with E-state index >= 15 is 0 Å². The Bertz CT molecular complexity index is 1150. The van der Waals surface area contributed by atoms with Gasteiger partial charge in [0, 0.05) is 42.6 Å². The molecule has 1 aliphatic heterocycles. The predicted octanol–water partition coefficient (Wildman–Crippen LogP) is 6.11. The molecule has 1 aliphatic rings. The van der Waals surface area contributed by atoms with E-state index in [1.54, 1.807) is 23.6 Å². The molecule has 184 valence electrons. The van der Waals surface area contributed by atoms with Crippen LogP contribution in [-0.2, 0) is 4.79 Å². The van der Waals surface area contributed by atoms with E-state index < -0.39 is 6.23 Å². The van der Waals surface area contributed by atoms with Crippen molar-refractivity contribution in [3.63, 3.8) is 0 Å². The Kier molecular flexibility index (Phi) is 8.23. The highest BCUT2D eigenvalue weighted by molar-refractivity contribution is 7.99. The number of fused-ring (bicyclic) bond motifs is 3. The molecule has 0 spiro atoms. The van der Waals surface area contributed by atoms with Crippen LogP contribution in [0.2, 0.25) is 0 Å². The summed E-state index contributed by atoms with van der Waals surface area (Å²) in [5.41, 5.74) is 4.07. The van der Waals surface area contributed by atoms with Gasteiger partial charge in [0.25, 0.3) is 0 Å². The lowest BCUT2D eigenvalue weighted by Crippen LogP contribution is -2.36. The Morgan fingerprint density at radius 3 is 2.46 bits per heavy atom. The van der Waals surface area contributed by atoms with E-state index in [-0.39, 0.29) is 5.91 Å². The molecule has 7 nitrogen and oxygen atoms in total. The quantitative estimate of drug-likeness (QED) is 0.264. The molecule has 0 aliphatic carbocycles. The van der Waals surface area contributed by atoms with Crippen LogP contribution in [0.1, 0.15) is 58.7 Å². The van der Waals surface area contributed by atoms with Crippen LogP contribution in [0.15, 0.2) is 53.7 Å². The smallest absolute Gasteiger partial charge is 0.247 e. The van der Waals surface area contributed by atoms with Gasteiger partial charge >= 0.3 is 0 Å². The Labute approximate surface area is 211 Å². The molecule has 35 heavy (non-hydrogen) atoms. The molecule has 0 unspecified atom stereocenters. The number of benzene rings is 2. The standard InChI is InChI=1S/C27H33N5O2S/c1-5-8-11-18-35-27-28-25-24(29-30-27)22-12-9-10-13-23(22)32(19(4)33)26(34-25)20-14-16-21(17-15-20)31(6-2)7-3/h9-10,12-17,26H,5-8,11,18H2,1-4H3/t26-/m0/s1. The number of para-hydroxylation sites is 1. The van der Waals surface area contributed by atoms with Gasteiger partial charge in [-0.15, -0.1) is 10.2 Å². The first-order chi connectivity index (χ1) is 17.1. The summed E-state index contributed by atoms with van der Waals surface area (Å²) in [4.78, 5) is 21.7. The molecule has 3 aromatic rings. The lowest BCUT2D eigenvalue weighted by Gasteiger charge is -2.30. The number of carbonyl (C=O) groups excluding carboxylic acids is 1. The third kappa shape index (κ3) is 5.42. The Balaban J connectivity index is 1.76. The number of hydrogen-bond acceptors (Lipinski definition) is 7. The van der Waals surface area contributed by atoms with Crippen molar-refractivity contribution in [2.24, 2.45) is 0 Å².